The average Bonchev–Trinajstić information content (AvgIpc) is 3.11. The second-order valence-electron chi connectivity index (χ2n) is 6.65. The first kappa shape index (κ1) is 18.4. The summed E-state index contributed by atoms with van der Waals surface area (Å²) in [5, 5.41) is 16.3. The maximum atomic E-state index is 13.2. The van der Waals surface area contributed by atoms with Gasteiger partial charge < -0.3 is 4.74 Å². The van der Waals surface area contributed by atoms with Gasteiger partial charge in [0.1, 0.15) is 11.4 Å². The number of carbonyl (C=O) groups is 2. The number of nitriles is 1. The van der Waals surface area contributed by atoms with E-state index >= 15 is 0 Å². The number of aryl methyl sites for hydroxylation is 1. The zero-order valence-corrected chi connectivity index (χ0v) is 15.9. The van der Waals surface area contributed by atoms with Gasteiger partial charge in [0.2, 0.25) is 5.78 Å². The van der Waals surface area contributed by atoms with Gasteiger partial charge in [0.25, 0.3) is 0 Å². The molecular weight excluding hydrogens is 366 g/mol. The molecule has 1 unspecified atom stereocenters. The van der Waals surface area contributed by atoms with E-state index in [0.29, 0.717) is 22.2 Å². The fourth-order valence-electron chi connectivity index (χ4n) is 3.60. The van der Waals surface area contributed by atoms with Gasteiger partial charge in [-0.2, -0.15) is 10.4 Å². The highest BCUT2D eigenvalue weighted by Crippen LogP contribution is 2.34. The van der Waals surface area contributed by atoms with Gasteiger partial charge in [0.15, 0.2) is 11.7 Å². The third kappa shape index (κ3) is 2.93. The molecule has 0 radical (unpaired) electrons. The van der Waals surface area contributed by atoms with Crippen LogP contribution in [0, 0.1) is 17.2 Å². The number of carbonyl (C=O) groups excluding carboxylic acids is 2. The molecule has 0 saturated heterocycles. The zero-order valence-electron chi connectivity index (χ0n) is 15.9. The van der Waals surface area contributed by atoms with Crippen molar-refractivity contribution in [2.45, 2.75) is 0 Å². The molecule has 0 bridgehead atoms. The summed E-state index contributed by atoms with van der Waals surface area (Å²) in [5.74, 6) is -1.94. The van der Waals surface area contributed by atoms with E-state index in [1.54, 1.807) is 55.2 Å². The van der Waals surface area contributed by atoms with Crippen LogP contribution in [0.5, 0.6) is 5.75 Å². The molecule has 0 aliphatic rings. The van der Waals surface area contributed by atoms with Crippen molar-refractivity contribution in [2.75, 3.05) is 7.11 Å². The van der Waals surface area contributed by atoms with Crippen molar-refractivity contribution in [2.24, 2.45) is 13.0 Å². The molecule has 0 spiro atoms. The van der Waals surface area contributed by atoms with Crippen molar-refractivity contribution in [1.29, 1.82) is 5.26 Å². The molecule has 6 heteroatoms. The molecule has 1 heterocycles. The van der Waals surface area contributed by atoms with Crippen LogP contribution < -0.4 is 4.74 Å². The first-order valence-electron chi connectivity index (χ1n) is 9.02. The number of rotatable bonds is 5. The van der Waals surface area contributed by atoms with E-state index < -0.39 is 17.5 Å². The minimum Gasteiger partial charge on any atom is -0.496 e. The summed E-state index contributed by atoms with van der Waals surface area (Å²) in [4.78, 5) is 25.9. The average molecular weight is 383 g/mol. The molecule has 142 valence electrons. The van der Waals surface area contributed by atoms with Crippen molar-refractivity contribution in [3.63, 3.8) is 0 Å². The second kappa shape index (κ2) is 7.21. The predicted octanol–water partition coefficient (Wildman–Crippen LogP) is 3.94. The van der Waals surface area contributed by atoms with Gasteiger partial charge in [-0.25, -0.2) is 0 Å². The Morgan fingerprint density at radius 1 is 1.03 bits per heavy atom. The number of hydrogen-bond donors (Lipinski definition) is 0. The minimum absolute atomic E-state index is 0.103. The molecule has 3 aromatic carbocycles. The van der Waals surface area contributed by atoms with Crippen LogP contribution in [0.15, 0.2) is 60.7 Å². The number of aromatic nitrogens is 2. The van der Waals surface area contributed by atoms with Crippen LogP contribution in [0.25, 0.3) is 21.7 Å². The second-order valence-corrected chi connectivity index (χ2v) is 6.65. The zero-order chi connectivity index (χ0) is 20.5. The lowest BCUT2D eigenvalue weighted by Crippen LogP contribution is -2.23. The highest BCUT2D eigenvalue weighted by atomic mass is 16.5. The van der Waals surface area contributed by atoms with Gasteiger partial charge in [0.05, 0.1) is 18.7 Å². The summed E-state index contributed by atoms with van der Waals surface area (Å²) in [7, 11) is 3.31. The maximum Gasteiger partial charge on any atom is 0.208 e. The Kier molecular flexibility index (Phi) is 4.57. The SMILES string of the molecule is COc1cccc2ccc3c(C(=O)C(C#N)C(=O)c4ccccc4)nn(C)c3c12. The number of fused-ring (bicyclic) bond motifs is 3. The van der Waals surface area contributed by atoms with Crippen LogP contribution in [0.4, 0.5) is 0 Å². The van der Waals surface area contributed by atoms with Crippen molar-refractivity contribution < 1.29 is 14.3 Å². The Hall–Kier alpha value is -3.98. The van der Waals surface area contributed by atoms with Crippen molar-refractivity contribution in [3.05, 3.63) is 71.9 Å². The molecule has 0 fully saturated rings. The van der Waals surface area contributed by atoms with E-state index in [2.05, 4.69) is 5.10 Å². The van der Waals surface area contributed by atoms with Crippen LogP contribution in [0.2, 0.25) is 0 Å². The Morgan fingerprint density at radius 2 is 1.79 bits per heavy atom. The molecule has 4 aromatic rings. The Bertz CT molecular complexity index is 1300. The molecule has 0 aliphatic carbocycles. The fraction of sp³-hybridized carbons (Fsp3) is 0.130. The van der Waals surface area contributed by atoms with Crippen molar-refractivity contribution >= 4 is 33.2 Å². The largest absolute Gasteiger partial charge is 0.496 e. The third-order valence-electron chi connectivity index (χ3n) is 4.97. The highest BCUT2D eigenvalue weighted by molar-refractivity contribution is 6.22. The lowest BCUT2D eigenvalue weighted by Gasteiger charge is -2.08. The molecule has 29 heavy (non-hydrogen) atoms. The van der Waals surface area contributed by atoms with Gasteiger partial charge in [-0.3, -0.25) is 14.3 Å². The summed E-state index contributed by atoms with van der Waals surface area (Å²) in [6, 6.07) is 19.5. The number of ether oxygens (including phenoxy) is 1. The number of benzene rings is 3. The monoisotopic (exact) mass is 383 g/mol. The van der Waals surface area contributed by atoms with Gasteiger partial charge in [0, 0.05) is 23.4 Å². The molecule has 0 N–H and O–H groups in total. The molecule has 4 rings (SSSR count). The van der Waals surface area contributed by atoms with Crippen molar-refractivity contribution in [3.8, 4) is 11.8 Å². The smallest absolute Gasteiger partial charge is 0.208 e. The van der Waals surface area contributed by atoms with E-state index in [-0.39, 0.29) is 5.69 Å². The fourth-order valence-corrected chi connectivity index (χ4v) is 3.60. The quantitative estimate of drug-likeness (QED) is 0.385. The number of hydrogen-bond acceptors (Lipinski definition) is 5. The normalized spacial score (nSPS) is 11.9. The number of methoxy groups -OCH3 is 1. The van der Waals surface area contributed by atoms with Crippen molar-refractivity contribution in [1.82, 2.24) is 9.78 Å². The lowest BCUT2D eigenvalue weighted by molar-refractivity contribution is 0.0843. The van der Waals surface area contributed by atoms with E-state index in [0.717, 1.165) is 10.8 Å². The van der Waals surface area contributed by atoms with Gasteiger partial charge in [-0.15, -0.1) is 0 Å². The molecular formula is C23H17N3O3. The summed E-state index contributed by atoms with van der Waals surface area (Å²) in [5.41, 5.74) is 1.14. The van der Waals surface area contributed by atoms with Crippen LogP contribution in [-0.2, 0) is 7.05 Å². The van der Waals surface area contributed by atoms with Crippen LogP contribution in [0.3, 0.4) is 0 Å². The van der Waals surface area contributed by atoms with Crippen LogP contribution in [-0.4, -0.2) is 28.5 Å². The Labute approximate surface area is 166 Å². The predicted molar refractivity (Wildman–Crippen MR) is 109 cm³/mol. The minimum atomic E-state index is -1.45. The van der Waals surface area contributed by atoms with Gasteiger partial charge in [-0.05, 0) is 17.5 Å². The van der Waals surface area contributed by atoms with E-state index in [1.165, 1.54) is 0 Å². The molecule has 1 aromatic heterocycles. The summed E-state index contributed by atoms with van der Waals surface area (Å²) < 4.78 is 7.08. The van der Waals surface area contributed by atoms with E-state index in [9.17, 15) is 14.9 Å². The standard InChI is InChI=1S/C23H17N3O3/c1-26-21-16(12-11-14-9-6-10-18(29-2)19(14)21)20(25-26)23(28)17(13-24)22(27)15-7-4-3-5-8-15/h3-12,17H,1-2H3. The topological polar surface area (TPSA) is 85.0 Å². The first-order valence-corrected chi connectivity index (χ1v) is 9.02. The number of Topliss-reactive ketones (excluding diaryl/α,β-unsaturated/α-hetero) is 2. The highest BCUT2D eigenvalue weighted by Gasteiger charge is 2.32. The van der Waals surface area contributed by atoms with E-state index in [1.807, 2.05) is 30.3 Å². The Balaban J connectivity index is 1.88. The molecule has 1 atom stereocenters. The Morgan fingerprint density at radius 3 is 2.48 bits per heavy atom. The van der Waals surface area contributed by atoms with Crippen LogP contribution >= 0.6 is 0 Å². The maximum absolute atomic E-state index is 13.2. The number of ketones is 2. The third-order valence-corrected chi connectivity index (χ3v) is 4.97. The molecule has 0 amide bonds. The van der Waals surface area contributed by atoms with E-state index in [4.69, 9.17) is 4.74 Å². The summed E-state index contributed by atoms with van der Waals surface area (Å²) in [6.07, 6.45) is 0. The lowest BCUT2D eigenvalue weighted by atomic mass is 9.92. The van der Waals surface area contributed by atoms with Gasteiger partial charge in [-0.1, -0.05) is 48.5 Å². The summed E-state index contributed by atoms with van der Waals surface area (Å²) >= 11 is 0. The van der Waals surface area contributed by atoms with Crippen LogP contribution in [0.1, 0.15) is 20.8 Å². The van der Waals surface area contributed by atoms with Gasteiger partial charge >= 0.3 is 0 Å². The molecule has 6 nitrogen and oxygen atoms in total. The first-order chi connectivity index (χ1) is 14.1. The summed E-state index contributed by atoms with van der Waals surface area (Å²) in [6.45, 7) is 0. The number of nitrogens with zero attached hydrogens (tertiary/aromatic N) is 3. The molecule has 0 aliphatic heterocycles. The molecule has 0 saturated carbocycles.